The third-order valence-electron chi connectivity index (χ3n) is 3.29. The summed E-state index contributed by atoms with van der Waals surface area (Å²) in [5.41, 5.74) is 1.36. The largest absolute Gasteiger partial charge is 0.440 e. The lowest BCUT2D eigenvalue weighted by Crippen LogP contribution is -2.13. The molecule has 0 bridgehead atoms. The van der Waals surface area contributed by atoms with Gasteiger partial charge in [0.15, 0.2) is 11.7 Å². The van der Waals surface area contributed by atoms with Crippen molar-refractivity contribution in [2.45, 2.75) is 11.8 Å². The molecule has 7 heteroatoms. The lowest BCUT2D eigenvalue weighted by atomic mass is 10.1. The summed E-state index contributed by atoms with van der Waals surface area (Å²) in [5.74, 6) is 0.266. The van der Waals surface area contributed by atoms with Crippen LogP contribution in [0.3, 0.4) is 0 Å². The zero-order valence-corrected chi connectivity index (χ0v) is 13.0. The molecular weight excluding hydrogens is 319 g/mol. The van der Waals surface area contributed by atoms with Crippen LogP contribution in [-0.4, -0.2) is 13.4 Å². The number of rotatable bonds is 3. The fourth-order valence-electron chi connectivity index (χ4n) is 2.32. The summed E-state index contributed by atoms with van der Waals surface area (Å²) in [7, 11) is -3.93. The van der Waals surface area contributed by atoms with Gasteiger partial charge in [0.1, 0.15) is 11.5 Å². The number of aryl methyl sites for hydroxylation is 1. The van der Waals surface area contributed by atoms with Gasteiger partial charge in [0.05, 0.1) is 4.90 Å². The molecule has 5 nitrogen and oxygen atoms in total. The average molecular weight is 332 g/mol. The quantitative estimate of drug-likeness (QED) is 0.798. The topological polar surface area (TPSA) is 86.2 Å². The number of nitrogens with two attached hydrogens (primary N) is 1. The molecule has 3 rings (SSSR count). The van der Waals surface area contributed by atoms with E-state index < -0.39 is 10.0 Å². The van der Waals surface area contributed by atoms with Crippen molar-refractivity contribution in [2.75, 3.05) is 0 Å². The fourth-order valence-corrected chi connectivity index (χ4v) is 3.05. The fraction of sp³-hybridized carbons (Fsp3) is 0.0625. The van der Waals surface area contributed by atoms with Gasteiger partial charge < -0.3 is 4.42 Å². The summed E-state index contributed by atoms with van der Waals surface area (Å²) in [6, 6.07) is 11.9. The zero-order chi connectivity index (χ0) is 16.6. The number of benzene rings is 2. The average Bonchev–Trinajstić information content (AvgIpc) is 2.89. The summed E-state index contributed by atoms with van der Waals surface area (Å²) in [6.45, 7) is 1.65. The van der Waals surface area contributed by atoms with Crippen molar-refractivity contribution in [3.8, 4) is 22.6 Å². The molecule has 1 heterocycles. The second-order valence-corrected chi connectivity index (χ2v) is 6.49. The molecule has 1 aromatic heterocycles. The summed E-state index contributed by atoms with van der Waals surface area (Å²) in [5, 5.41) is 5.27. The first-order chi connectivity index (χ1) is 10.9. The molecule has 2 N–H and O–H groups in total. The van der Waals surface area contributed by atoms with Crippen LogP contribution in [-0.2, 0) is 10.0 Å². The van der Waals surface area contributed by atoms with Crippen molar-refractivity contribution < 1.29 is 17.2 Å². The van der Waals surface area contributed by atoms with Crippen LogP contribution >= 0.6 is 0 Å². The van der Waals surface area contributed by atoms with Gasteiger partial charge in [-0.2, -0.15) is 0 Å². The molecule has 118 valence electrons. The summed E-state index contributed by atoms with van der Waals surface area (Å²) in [6.07, 6.45) is 0. The molecule has 23 heavy (non-hydrogen) atoms. The molecular formula is C16H13FN2O3S. The number of halogens is 1. The maximum absolute atomic E-state index is 13.1. The van der Waals surface area contributed by atoms with Gasteiger partial charge >= 0.3 is 0 Å². The van der Waals surface area contributed by atoms with E-state index in [1.54, 1.807) is 37.3 Å². The monoisotopic (exact) mass is 332 g/mol. The summed E-state index contributed by atoms with van der Waals surface area (Å²) >= 11 is 0. The number of nitrogens with zero attached hydrogens (tertiary/aromatic N) is 1. The van der Waals surface area contributed by atoms with Crippen LogP contribution in [0.2, 0.25) is 0 Å². The van der Waals surface area contributed by atoms with Gasteiger partial charge in [-0.25, -0.2) is 22.9 Å². The Morgan fingerprint density at radius 3 is 2.39 bits per heavy atom. The Balaban J connectivity index is 2.25. The van der Waals surface area contributed by atoms with E-state index in [1.165, 1.54) is 18.2 Å². The Morgan fingerprint density at radius 1 is 1.09 bits per heavy atom. The van der Waals surface area contributed by atoms with Gasteiger partial charge in [0.2, 0.25) is 10.0 Å². The first-order valence-electron chi connectivity index (χ1n) is 6.72. The molecule has 0 atom stereocenters. The number of sulfonamides is 1. The maximum atomic E-state index is 13.1. The standard InChI is InChI=1S/C16H13FN2O3S/c1-10-19-15(11-6-8-12(17)9-7-11)16(22-10)13-4-2-3-5-14(13)23(18,20)21/h2-9H,1H3,(H2,18,20,21). The Labute approximate surface area is 132 Å². The zero-order valence-electron chi connectivity index (χ0n) is 12.2. The smallest absolute Gasteiger partial charge is 0.238 e. The molecule has 0 amide bonds. The van der Waals surface area contributed by atoms with Crippen molar-refractivity contribution in [1.82, 2.24) is 4.98 Å². The van der Waals surface area contributed by atoms with Crippen molar-refractivity contribution >= 4 is 10.0 Å². The molecule has 0 aliphatic rings. The first-order valence-corrected chi connectivity index (χ1v) is 8.26. The Hall–Kier alpha value is -2.51. The number of aromatic nitrogens is 1. The highest BCUT2D eigenvalue weighted by molar-refractivity contribution is 7.89. The lowest BCUT2D eigenvalue weighted by molar-refractivity contribution is 0.532. The van der Waals surface area contributed by atoms with Crippen LogP contribution < -0.4 is 5.14 Å². The van der Waals surface area contributed by atoms with Gasteiger partial charge in [0, 0.05) is 18.1 Å². The van der Waals surface area contributed by atoms with Crippen molar-refractivity contribution in [1.29, 1.82) is 0 Å². The summed E-state index contributed by atoms with van der Waals surface area (Å²) in [4.78, 5) is 4.23. The van der Waals surface area contributed by atoms with Gasteiger partial charge in [-0.05, 0) is 36.4 Å². The molecule has 3 aromatic rings. The predicted octanol–water partition coefficient (Wildman–Crippen LogP) is 3.10. The molecule has 0 unspecified atom stereocenters. The number of hydrogen-bond acceptors (Lipinski definition) is 4. The molecule has 0 saturated heterocycles. The Kier molecular flexibility index (Phi) is 3.75. The van der Waals surface area contributed by atoms with E-state index in [0.29, 0.717) is 22.7 Å². The predicted molar refractivity (Wildman–Crippen MR) is 83.4 cm³/mol. The Morgan fingerprint density at radius 2 is 1.74 bits per heavy atom. The van der Waals surface area contributed by atoms with E-state index in [4.69, 9.17) is 9.56 Å². The van der Waals surface area contributed by atoms with E-state index in [1.807, 2.05) is 0 Å². The van der Waals surface area contributed by atoms with E-state index in [0.717, 1.165) is 0 Å². The van der Waals surface area contributed by atoms with Gasteiger partial charge in [-0.3, -0.25) is 0 Å². The van der Waals surface area contributed by atoms with Crippen molar-refractivity contribution in [3.63, 3.8) is 0 Å². The minimum Gasteiger partial charge on any atom is -0.440 e. The molecule has 0 aliphatic carbocycles. The number of primary sulfonamides is 1. The first kappa shape index (κ1) is 15.4. The van der Waals surface area contributed by atoms with E-state index in [2.05, 4.69) is 4.98 Å². The van der Waals surface area contributed by atoms with Crippen molar-refractivity contribution in [2.24, 2.45) is 5.14 Å². The van der Waals surface area contributed by atoms with Gasteiger partial charge in [-0.1, -0.05) is 12.1 Å². The minimum absolute atomic E-state index is 0.0560. The normalized spacial score (nSPS) is 11.6. The SMILES string of the molecule is Cc1nc(-c2ccc(F)cc2)c(-c2ccccc2S(N)(=O)=O)o1. The van der Waals surface area contributed by atoms with E-state index in [9.17, 15) is 12.8 Å². The van der Waals surface area contributed by atoms with E-state index >= 15 is 0 Å². The highest BCUT2D eigenvalue weighted by atomic mass is 32.2. The van der Waals surface area contributed by atoms with Gasteiger partial charge in [0.25, 0.3) is 0 Å². The second kappa shape index (κ2) is 5.60. The lowest BCUT2D eigenvalue weighted by Gasteiger charge is -2.06. The van der Waals surface area contributed by atoms with Crippen LogP contribution in [0.15, 0.2) is 57.8 Å². The maximum Gasteiger partial charge on any atom is 0.238 e. The highest BCUT2D eigenvalue weighted by Crippen LogP contribution is 2.35. The third-order valence-corrected chi connectivity index (χ3v) is 4.26. The molecule has 0 saturated carbocycles. The molecule has 0 fully saturated rings. The van der Waals surface area contributed by atoms with Crippen LogP contribution in [0.1, 0.15) is 5.89 Å². The van der Waals surface area contributed by atoms with Crippen LogP contribution in [0, 0.1) is 12.7 Å². The van der Waals surface area contributed by atoms with Crippen LogP contribution in [0.4, 0.5) is 4.39 Å². The number of hydrogen-bond donors (Lipinski definition) is 1. The minimum atomic E-state index is -3.93. The van der Waals surface area contributed by atoms with Crippen LogP contribution in [0.25, 0.3) is 22.6 Å². The third kappa shape index (κ3) is 3.01. The Bertz CT molecular complexity index is 963. The second-order valence-electron chi connectivity index (χ2n) is 4.96. The molecule has 0 radical (unpaired) electrons. The van der Waals surface area contributed by atoms with Gasteiger partial charge in [-0.15, -0.1) is 0 Å². The van der Waals surface area contributed by atoms with E-state index in [-0.39, 0.29) is 16.5 Å². The highest BCUT2D eigenvalue weighted by Gasteiger charge is 2.22. The van der Waals surface area contributed by atoms with Crippen molar-refractivity contribution in [3.05, 3.63) is 60.2 Å². The molecule has 0 spiro atoms. The van der Waals surface area contributed by atoms with Crippen LogP contribution in [0.5, 0.6) is 0 Å². The molecule has 2 aromatic carbocycles. The molecule has 0 aliphatic heterocycles. The number of oxazole rings is 1. The summed E-state index contributed by atoms with van der Waals surface area (Å²) < 4.78 is 42.3.